The SMILES string of the molecule is O=C(Nc1cccc(C(=O)N2CC(C(=O)O)c3ccccc32)c1)C1CCCO1. The molecular formula is C21H20N2O5. The summed E-state index contributed by atoms with van der Waals surface area (Å²) in [6, 6.07) is 13.7. The Hall–Kier alpha value is -3.19. The molecular weight excluding hydrogens is 360 g/mol. The van der Waals surface area contributed by atoms with Crippen LogP contribution in [0.15, 0.2) is 48.5 Å². The summed E-state index contributed by atoms with van der Waals surface area (Å²) in [5, 5.41) is 12.3. The summed E-state index contributed by atoms with van der Waals surface area (Å²) in [7, 11) is 0. The number of nitrogens with zero attached hydrogens (tertiary/aromatic N) is 1. The smallest absolute Gasteiger partial charge is 0.312 e. The summed E-state index contributed by atoms with van der Waals surface area (Å²) < 4.78 is 5.38. The Kier molecular flexibility index (Phi) is 4.83. The van der Waals surface area contributed by atoms with Crippen LogP contribution in [0.2, 0.25) is 0 Å². The van der Waals surface area contributed by atoms with E-state index >= 15 is 0 Å². The first kappa shape index (κ1) is 18.2. The van der Waals surface area contributed by atoms with Crippen molar-refractivity contribution in [1.29, 1.82) is 0 Å². The second kappa shape index (κ2) is 7.44. The molecule has 7 heteroatoms. The molecule has 2 aromatic carbocycles. The summed E-state index contributed by atoms with van der Waals surface area (Å²) in [5.41, 5.74) is 2.12. The van der Waals surface area contributed by atoms with Crippen molar-refractivity contribution in [3.8, 4) is 0 Å². The molecule has 2 aromatic rings. The number of para-hydroxylation sites is 1. The molecule has 1 fully saturated rings. The Balaban J connectivity index is 1.55. The van der Waals surface area contributed by atoms with Crippen molar-refractivity contribution in [3.05, 3.63) is 59.7 Å². The number of rotatable bonds is 4. The lowest BCUT2D eigenvalue weighted by Crippen LogP contribution is -2.31. The summed E-state index contributed by atoms with van der Waals surface area (Å²) in [6.07, 6.45) is 1.09. The van der Waals surface area contributed by atoms with E-state index < -0.39 is 18.0 Å². The van der Waals surface area contributed by atoms with Gasteiger partial charge in [-0.2, -0.15) is 0 Å². The van der Waals surface area contributed by atoms with Crippen LogP contribution in [0.1, 0.15) is 34.7 Å². The zero-order valence-electron chi connectivity index (χ0n) is 15.1. The van der Waals surface area contributed by atoms with Crippen LogP contribution in [0.25, 0.3) is 0 Å². The highest BCUT2D eigenvalue weighted by atomic mass is 16.5. The van der Waals surface area contributed by atoms with E-state index in [1.807, 2.05) is 0 Å². The predicted molar refractivity (Wildman–Crippen MR) is 103 cm³/mol. The van der Waals surface area contributed by atoms with E-state index in [1.165, 1.54) is 4.90 Å². The molecule has 0 aliphatic carbocycles. The third-order valence-electron chi connectivity index (χ3n) is 5.11. The number of carbonyl (C=O) groups excluding carboxylic acids is 2. The highest BCUT2D eigenvalue weighted by Crippen LogP contribution is 2.37. The monoisotopic (exact) mass is 380 g/mol. The molecule has 0 aromatic heterocycles. The fraction of sp³-hybridized carbons (Fsp3) is 0.286. The van der Waals surface area contributed by atoms with E-state index in [-0.39, 0.29) is 18.4 Å². The zero-order chi connectivity index (χ0) is 19.7. The summed E-state index contributed by atoms with van der Waals surface area (Å²) in [4.78, 5) is 38.4. The Morgan fingerprint density at radius 3 is 2.68 bits per heavy atom. The minimum absolute atomic E-state index is 0.0833. The summed E-state index contributed by atoms with van der Waals surface area (Å²) in [6.45, 7) is 0.662. The van der Waals surface area contributed by atoms with Gasteiger partial charge in [0.2, 0.25) is 0 Å². The molecule has 144 valence electrons. The normalized spacial score (nSPS) is 20.6. The second-order valence-corrected chi connectivity index (χ2v) is 6.94. The zero-order valence-corrected chi connectivity index (χ0v) is 15.1. The summed E-state index contributed by atoms with van der Waals surface area (Å²) >= 11 is 0. The molecule has 0 radical (unpaired) electrons. The third kappa shape index (κ3) is 3.36. The second-order valence-electron chi connectivity index (χ2n) is 6.94. The number of carbonyl (C=O) groups is 3. The number of amides is 2. The van der Waals surface area contributed by atoms with Crippen LogP contribution in [-0.2, 0) is 14.3 Å². The Morgan fingerprint density at radius 2 is 1.93 bits per heavy atom. The standard InChI is InChI=1S/C21H20N2O5/c24-19(18-9-4-10-28-18)22-14-6-3-5-13(11-14)20(25)23-12-16(21(26)27)15-7-1-2-8-17(15)23/h1-3,5-8,11,16,18H,4,9-10,12H2,(H,22,24)(H,26,27). The van der Waals surface area contributed by atoms with E-state index in [0.717, 1.165) is 6.42 Å². The van der Waals surface area contributed by atoms with E-state index in [4.69, 9.17) is 4.74 Å². The van der Waals surface area contributed by atoms with Gasteiger partial charge in [0.05, 0.1) is 0 Å². The third-order valence-corrected chi connectivity index (χ3v) is 5.11. The van der Waals surface area contributed by atoms with E-state index in [2.05, 4.69) is 5.32 Å². The van der Waals surface area contributed by atoms with Gasteiger partial charge in [0.15, 0.2) is 0 Å². The lowest BCUT2D eigenvalue weighted by Gasteiger charge is -2.18. The van der Waals surface area contributed by atoms with Crippen molar-refractivity contribution in [3.63, 3.8) is 0 Å². The highest BCUT2D eigenvalue weighted by Gasteiger charge is 2.36. The molecule has 2 unspecified atom stereocenters. The number of fused-ring (bicyclic) bond motifs is 1. The van der Waals surface area contributed by atoms with E-state index in [9.17, 15) is 19.5 Å². The number of nitrogens with one attached hydrogen (secondary N) is 1. The maximum atomic E-state index is 13.1. The molecule has 28 heavy (non-hydrogen) atoms. The molecule has 2 aliphatic heterocycles. The number of hydrogen-bond acceptors (Lipinski definition) is 4. The van der Waals surface area contributed by atoms with Crippen LogP contribution >= 0.6 is 0 Å². The topological polar surface area (TPSA) is 95.9 Å². The number of carboxylic acids is 1. The van der Waals surface area contributed by atoms with Gasteiger partial charge >= 0.3 is 5.97 Å². The van der Waals surface area contributed by atoms with E-state index in [0.29, 0.717) is 35.5 Å². The van der Waals surface area contributed by atoms with Crippen LogP contribution in [0, 0.1) is 0 Å². The lowest BCUT2D eigenvalue weighted by molar-refractivity contribution is -0.138. The van der Waals surface area contributed by atoms with Gasteiger partial charge in [0.25, 0.3) is 11.8 Å². The highest BCUT2D eigenvalue weighted by molar-refractivity contribution is 6.09. The number of benzene rings is 2. The van der Waals surface area contributed by atoms with Crippen molar-refractivity contribution in [2.75, 3.05) is 23.4 Å². The van der Waals surface area contributed by atoms with Crippen molar-refractivity contribution < 1.29 is 24.2 Å². The number of carboxylic acid groups (broad SMARTS) is 1. The average Bonchev–Trinajstić information content (AvgIpc) is 3.36. The molecule has 2 amide bonds. The molecule has 0 spiro atoms. The number of aliphatic carboxylic acids is 1. The minimum Gasteiger partial charge on any atom is -0.481 e. The number of ether oxygens (including phenoxy) is 1. The van der Waals surface area contributed by atoms with Gasteiger partial charge in [-0.15, -0.1) is 0 Å². The van der Waals surface area contributed by atoms with Gasteiger partial charge in [-0.25, -0.2) is 0 Å². The van der Waals surface area contributed by atoms with Crippen molar-refractivity contribution >= 4 is 29.2 Å². The fourth-order valence-corrected chi connectivity index (χ4v) is 3.70. The molecule has 7 nitrogen and oxygen atoms in total. The molecule has 1 saturated heterocycles. The van der Waals surface area contributed by atoms with Crippen LogP contribution in [0.4, 0.5) is 11.4 Å². The largest absolute Gasteiger partial charge is 0.481 e. The van der Waals surface area contributed by atoms with E-state index in [1.54, 1.807) is 48.5 Å². The molecule has 4 rings (SSSR count). The van der Waals surface area contributed by atoms with Gasteiger partial charge in [0, 0.05) is 30.1 Å². The van der Waals surface area contributed by atoms with Crippen molar-refractivity contribution in [2.24, 2.45) is 0 Å². The van der Waals surface area contributed by atoms with Gasteiger partial charge in [0.1, 0.15) is 12.0 Å². The predicted octanol–water partition coefficient (Wildman–Crippen LogP) is 2.63. The van der Waals surface area contributed by atoms with Gasteiger partial charge < -0.3 is 20.1 Å². The van der Waals surface area contributed by atoms with Gasteiger partial charge in [-0.3, -0.25) is 14.4 Å². The van der Waals surface area contributed by atoms with Crippen LogP contribution in [0.3, 0.4) is 0 Å². The first-order chi connectivity index (χ1) is 13.5. The number of anilines is 2. The van der Waals surface area contributed by atoms with Crippen LogP contribution in [0.5, 0.6) is 0 Å². The fourth-order valence-electron chi connectivity index (χ4n) is 3.70. The molecule has 2 aliphatic rings. The van der Waals surface area contributed by atoms with Crippen molar-refractivity contribution in [2.45, 2.75) is 24.9 Å². The molecule has 0 saturated carbocycles. The Morgan fingerprint density at radius 1 is 1.11 bits per heavy atom. The number of hydrogen-bond donors (Lipinski definition) is 2. The van der Waals surface area contributed by atoms with Gasteiger partial charge in [-0.05, 0) is 42.7 Å². The molecule has 0 bridgehead atoms. The lowest BCUT2D eigenvalue weighted by atomic mass is 10.0. The minimum atomic E-state index is -0.958. The first-order valence-corrected chi connectivity index (χ1v) is 9.21. The Bertz CT molecular complexity index is 936. The average molecular weight is 380 g/mol. The van der Waals surface area contributed by atoms with Crippen LogP contribution < -0.4 is 10.2 Å². The maximum absolute atomic E-state index is 13.1. The Labute approximate surface area is 161 Å². The maximum Gasteiger partial charge on any atom is 0.312 e. The quantitative estimate of drug-likeness (QED) is 0.850. The summed E-state index contributed by atoms with van der Waals surface area (Å²) in [5.74, 6) is -2.23. The molecule has 2 heterocycles. The van der Waals surface area contributed by atoms with Gasteiger partial charge in [-0.1, -0.05) is 24.3 Å². The first-order valence-electron chi connectivity index (χ1n) is 9.21. The van der Waals surface area contributed by atoms with Crippen LogP contribution in [-0.4, -0.2) is 42.1 Å². The molecule has 2 atom stereocenters. The van der Waals surface area contributed by atoms with Crippen molar-refractivity contribution in [1.82, 2.24) is 0 Å². The molecule has 2 N–H and O–H groups in total.